The number of piperidine rings is 1. The van der Waals surface area contributed by atoms with Gasteiger partial charge in [-0.15, -0.1) is 0 Å². The van der Waals surface area contributed by atoms with Crippen molar-refractivity contribution in [2.45, 2.75) is 32.4 Å². The summed E-state index contributed by atoms with van der Waals surface area (Å²) in [6.07, 6.45) is 2.80. The van der Waals surface area contributed by atoms with Crippen LogP contribution < -0.4 is 10.1 Å². The summed E-state index contributed by atoms with van der Waals surface area (Å²) >= 11 is 0. The van der Waals surface area contributed by atoms with E-state index in [0.717, 1.165) is 5.56 Å². The maximum Gasteiger partial charge on any atom is 0.289 e. The first-order valence-corrected chi connectivity index (χ1v) is 10.1. The summed E-state index contributed by atoms with van der Waals surface area (Å²) < 4.78 is 29.3. The summed E-state index contributed by atoms with van der Waals surface area (Å²) in [5, 5.41) is 2.97. The highest BCUT2D eigenvalue weighted by Gasteiger charge is 2.27. The molecular formula is C23H23FN2O5. The number of aryl methyl sites for hydroxylation is 1. The molecule has 0 bridgehead atoms. The number of ether oxygens (including phenoxy) is 1. The van der Waals surface area contributed by atoms with Crippen molar-refractivity contribution in [2.75, 3.05) is 13.1 Å². The van der Waals surface area contributed by atoms with Gasteiger partial charge < -0.3 is 23.8 Å². The average molecular weight is 426 g/mol. The number of benzene rings is 1. The smallest absolute Gasteiger partial charge is 0.289 e. The van der Waals surface area contributed by atoms with E-state index in [-0.39, 0.29) is 36.0 Å². The maximum absolute atomic E-state index is 12.9. The monoisotopic (exact) mass is 426 g/mol. The average Bonchev–Trinajstić information content (AvgIpc) is 3.42. The molecule has 1 aromatic carbocycles. The lowest BCUT2D eigenvalue weighted by molar-refractivity contribution is 0.0661. The number of carbonyl (C=O) groups excluding carboxylic acids is 2. The third-order valence-corrected chi connectivity index (χ3v) is 5.25. The molecule has 1 aliphatic rings. The van der Waals surface area contributed by atoms with Gasteiger partial charge in [-0.3, -0.25) is 9.59 Å². The van der Waals surface area contributed by atoms with Gasteiger partial charge in [0.25, 0.3) is 11.8 Å². The number of likely N-dealkylation sites (tertiary alicyclic amines) is 1. The molecule has 2 amide bonds. The topological polar surface area (TPSA) is 84.9 Å². The van der Waals surface area contributed by atoms with Crippen LogP contribution in [-0.2, 0) is 6.61 Å². The number of hydrogen-bond donors (Lipinski definition) is 1. The molecule has 0 spiro atoms. The van der Waals surface area contributed by atoms with Gasteiger partial charge in [-0.25, -0.2) is 4.39 Å². The van der Waals surface area contributed by atoms with Crippen molar-refractivity contribution in [3.8, 4) is 5.75 Å². The molecule has 7 nitrogen and oxygen atoms in total. The van der Waals surface area contributed by atoms with Crippen molar-refractivity contribution in [2.24, 2.45) is 0 Å². The summed E-state index contributed by atoms with van der Waals surface area (Å²) in [6, 6.07) is 10.7. The molecule has 0 atom stereocenters. The van der Waals surface area contributed by atoms with E-state index in [1.54, 1.807) is 23.1 Å². The van der Waals surface area contributed by atoms with Crippen molar-refractivity contribution >= 4 is 11.8 Å². The van der Waals surface area contributed by atoms with Gasteiger partial charge >= 0.3 is 0 Å². The van der Waals surface area contributed by atoms with Crippen LogP contribution in [0.1, 0.15) is 45.3 Å². The quantitative estimate of drug-likeness (QED) is 0.646. The molecule has 1 N–H and O–H groups in total. The molecule has 3 heterocycles. The van der Waals surface area contributed by atoms with E-state index < -0.39 is 0 Å². The summed E-state index contributed by atoms with van der Waals surface area (Å²) in [6.45, 7) is 2.99. The first-order chi connectivity index (χ1) is 15.0. The minimum Gasteiger partial charge on any atom is -0.486 e. The number of hydrogen-bond acceptors (Lipinski definition) is 5. The zero-order chi connectivity index (χ0) is 21.8. The zero-order valence-corrected chi connectivity index (χ0v) is 17.1. The molecule has 2 aromatic heterocycles. The van der Waals surface area contributed by atoms with E-state index >= 15 is 0 Å². The largest absolute Gasteiger partial charge is 0.486 e. The third-order valence-electron chi connectivity index (χ3n) is 5.25. The predicted molar refractivity (Wildman–Crippen MR) is 109 cm³/mol. The van der Waals surface area contributed by atoms with Crippen LogP contribution in [0.15, 0.2) is 57.6 Å². The fraction of sp³-hybridized carbons (Fsp3) is 0.304. The van der Waals surface area contributed by atoms with Crippen molar-refractivity contribution in [1.82, 2.24) is 10.2 Å². The van der Waals surface area contributed by atoms with Crippen LogP contribution in [0.2, 0.25) is 0 Å². The van der Waals surface area contributed by atoms with Gasteiger partial charge in [0.05, 0.1) is 6.26 Å². The first kappa shape index (κ1) is 20.7. The highest BCUT2D eigenvalue weighted by Crippen LogP contribution is 2.19. The molecule has 0 radical (unpaired) electrons. The van der Waals surface area contributed by atoms with Gasteiger partial charge in [-0.1, -0.05) is 0 Å². The van der Waals surface area contributed by atoms with E-state index in [2.05, 4.69) is 5.32 Å². The summed E-state index contributed by atoms with van der Waals surface area (Å²) in [7, 11) is 0. The van der Waals surface area contributed by atoms with Crippen LogP contribution in [0.3, 0.4) is 0 Å². The number of rotatable bonds is 6. The standard InChI is InChI=1S/C23H23FN2O5/c1-15-10-13-29-21(15)22(27)25-17-8-11-26(12-9-17)23(28)20-7-6-19(31-20)14-30-18-4-2-16(24)3-5-18/h2-7,10,13,17H,8-9,11-12,14H2,1H3,(H,25,27). The van der Waals surface area contributed by atoms with Crippen molar-refractivity contribution < 1.29 is 27.6 Å². The highest BCUT2D eigenvalue weighted by atomic mass is 19.1. The lowest BCUT2D eigenvalue weighted by Gasteiger charge is -2.31. The van der Waals surface area contributed by atoms with Gasteiger partial charge in [0.2, 0.25) is 0 Å². The molecule has 1 saturated heterocycles. The Hall–Kier alpha value is -3.55. The zero-order valence-electron chi connectivity index (χ0n) is 17.1. The molecule has 3 aromatic rings. The number of nitrogens with zero attached hydrogens (tertiary/aromatic N) is 1. The van der Waals surface area contributed by atoms with Gasteiger partial charge in [0.15, 0.2) is 11.5 Å². The Labute approximate surface area is 178 Å². The van der Waals surface area contributed by atoms with E-state index in [1.165, 1.54) is 30.5 Å². The van der Waals surface area contributed by atoms with Gasteiger partial charge in [-0.05, 0) is 62.2 Å². The SMILES string of the molecule is Cc1ccoc1C(=O)NC1CCN(C(=O)c2ccc(COc3ccc(F)cc3)o2)CC1. The molecule has 0 unspecified atom stereocenters. The lowest BCUT2D eigenvalue weighted by Crippen LogP contribution is -2.46. The Balaban J connectivity index is 1.26. The Kier molecular flexibility index (Phi) is 6.06. The van der Waals surface area contributed by atoms with E-state index in [0.29, 0.717) is 43.2 Å². The second kappa shape index (κ2) is 9.07. The summed E-state index contributed by atoms with van der Waals surface area (Å²) in [4.78, 5) is 26.7. The van der Waals surface area contributed by atoms with Crippen LogP contribution in [0.25, 0.3) is 0 Å². The number of furan rings is 2. The van der Waals surface area contributed by atoms with Gasteiger partial charge in [0, 0.05) is 24.7 Å². The van der Waals surface area contributed by atoms with Crippen LogP contribution in [0.4, 0.5) is 4.39 Å². The number of carbonyl (C=O) groups is 2. The molecular weight excluding hydrogens is 403 g/mol. The van der Waals surface area contributed by atoms with E-state index in [1.807, 2.05) is 6.92 Å². The second-order valence-electron chi connectivity index (χ2n) is 7.48. The summed E-state index contributed by atoms with van der Waals surface area (Å²) in [5.41, 5.74) is 0.794. The predicted octanol–water partition coefficient (Wildman–Crippen LogP) is 3.93. The molecule has 162 valence electrons. The fourth-order valence-electron chi connectivity index (χ4n) is 3.49. The molecule has 31 heavy (non-hydrogen) atoms. The van der Waals surface area contributed by atoms with Crippen LogP contribution in [0.5, 0.6) is 5.75 Å². The Bertz CT molecular complexity index is 1050. The number of nitrogens with one attached hydrogen (secondary N) is 1. The minimum atomic E-state index is -0.336. The van der Waals surface area contributed by atoms with Crippen molar-refractivity contribution in [3.05, 3.63) is 77.4 Å². The molecule has 1 fully saturated rings. The van der Waals surface area contributed by atoms with E-state index in [9.17, 15) is 14.0 Å². The van der Waals surface area contributed by atoms with Crippen molar-refractivity contribution in [1.29, 1.82) is 0 Å². The van der Waals surface area contributed by atoms with Crippen molar-refractivity contribution in [3.63, 3.8) is 0 Å². The Morgan fingerprint density at radius 3 is 2.55 bits per heavy atom. The molecule has 4 rings (SSSR count). The second-order valence-corrected chi connectivity index (χ2v) is 7.48. The maximum atomic E-state index is 12.9. The number of halogens is 1. The minimum absolute atomic E-state index is 0.0164. The molecule has 1 aliphatic heterocycles. The normalized spacial score (nSPS) is 14.5. The van der Waals surface area contributed by atoms with Crippen LogP contribution >= 0.6 is 0 Å². The highest BCUT2D eigenvalue weighted by molar-refractivity contribution is 5.93. The van der Waals surface area contributed by atoms with Crippen LogP contribution in [0, 0.1) is 12.7 Å². The van der Waals surface area contributed by atoms with Crippen LogP contribution in [-0.4, -0.2) is 35.8 Å². The first-order valence-electron chi connectivity index (χ1n) is 10.1. The van der Waals surface area contributed by atoms with E-state index in [4.69, 9.17) is 13.6 Å². The molecule has 0 saturated carbocycles. The Morgan fingerprint density at radius 1 is 1.13 bits per heavy atom. The van der Waals surface area contributed by atoms with Gasteiger partial charge in [0.1, 0.15) is 23.9 Å². The summed E-state index contributed by atoms with van der Waals surface area (Å²) in [5.74, 6) is 0.820. The number of amides is 2. The molecule has 8 heteroatoms. The van der Waals surface area contributed by atoms with Gasteiger partial charge in [-0.2, -0.15) is 0 Å². The molecule has 0 aliphatic carbocycles. The Morgan fingerprint density at radius 2 is 1.87 bits per heavy atom. The lowest BCUT2D eigenvalue weighted by atomic mass is 10.0. The third kappa shape index (κ3) is 4.96. The fourth-order valence-corrected chi connectivity index (χ4v) is 3.49.